The molecule has 1 aromatic rings. The van der Waals surface area contributed by atoms with E-state index in [1.54, 1.807) is 6.20 Å². The van der Waals surface area contributed by atoms with Crippen LogP contribution >= 0.6 is 0 Å². The van der Waals surface area contributed by atoms with Crippen LogP contribution in [-0.4, -0.2) is 40.8 Å². The van der Waals surface area contributed by atoms with Crippen LogP contribution in [0, 0.1) is 6.92 Å². The highest BCUT2D eigenvalue weighted by Crippen LogP contribution is 2.10. The van der Waals surface area contributed by atoms with Crippen molar-refractivity contribution in [2.24, 2.45) is 0 Å². The topological polar surface area (TPSA) is 46.1 Å². The van der Waals surface area contributed by atoms with E-state index in [-0.39, 0.29) is 0 Å². The van der Waals surface area contributed by atoms with E-state index in [0.717, 1.165) is 30.8 Å². The molecule has 0 radical (unpaired) electrons. The minimum Gasteiger partial charge on any atom is -0.303 e. The molecule has 1 aliphatic heterocycles. The molecule has 4 heteroatoms. The lowest BCUT2D eigenvalue weighted by atomic mass is 10.2. The van der Waals surface area contributed by atoms with Crippen molar-refractivity contribution in [2.45, 2.75) is 26.2 Å². The highest BCUT2D eigenvalue weighted by molar-refractivity contribution is 5.75. The normalized spacial score (nSPS) is 16.6. The second-order valence-electron chi connectivity index (χ2n) is 4.24. The molecular weight excluding hydrogens is 202 g/mol. The van der Waals surface area contributed by atoms with Gasteiger partial charge < -0.3 is 4.90 Å². The Morgan fingerprint density at radius 2 is 2.19 bits per heavy atom. The van der Waals surface area contributed by atoms with Crippen molar-refractivity contribution in [3.8, 4) is 0 Å². The summed E-state index contributed by atoms with van der Waals surface area (Å²) in [6, 6.07) is 0. The third-order valence-electron chi connectivity index (χ3n) is 3.01. The van der Waals surface area contributed by atoms with Gasteiger partial charge in [-0.25, -0.2) is 9.97 Å². The maximum atomic E-state index is 10.8. The highest BCUT2D eigenvalue weighted by atomic mass is 16.1. The molecule has 0 N–H and O–H groups in total. The molecule has 0 amide bonds. The van der Waals surface area contributed by atoms with Crippen LogP contribution in [0.5, 0.6) is 0 Å². The van der Waals surface area contributed by atoms with Gasteiger partial charge in [-0.05, 0) is 32.9 Å². The molecule has 0 atom stereocenters. The number of carbonyl (C=O) groups is 1. The number of aldehydes is 1. The van der Waals surface area contributed by atoms with Crippen LogP contribution in [0.1, 0.15) is 34.7 Å². The van der Waals surface area contributed by atoms with Gasteiger partial charge in [-0.2, -0.15) is 0 Å². The molecule has 2 rings (SSSR count). The third kappa shape index (κ3) is 2.64. The van der Waals surface area contributed by atoms with E-state index < -0.39 is 0 Å². The quantitative estimate of drug-likeness (QED) is 0.715. The Morgan fingerprint density at radius 3 is 2.88 bits per heavy atom. The average Bonchev–Trinajstić information content (AvgIpc) is 2.79. The van der Waals surface area contributed by atoms with Crippen molar-refractivity contribution in [3.63, 3.8) is 0 Å². The molecule has 0 saturated carbocycles. The molecule has 0 spiro atoms. The van der Waals surface area contributed by atoms with Gasteiger partial charge in [0, 0.05) is 19.2 Å². The summed E-state index contributed by atoms with van der Waals surface area (Å²) < 4.78 is 0. The van der Waals surface area contributed by atoms with Crippen molar-refractivity contribution in [1.29, 1.82) is 0 Å². The molecule has 0 unspecified atom stereocenters. The van der Waals surface area contributed by atoms with Crippen molar-refractivity contribution >= 4 is 6.29 Å². The zero-order valence-electron chi connectivity index (χ0n) is 9.65. The largest absolute Gasteiger partial charge is 0.303 e. The van der Waals surface area contributed by atoms with Crippen LogP contribution in [0.4, 0.5) is 0 Å². The molecule has 4 nitrogen and oxygen atoms in total. The fourth-order valence-electron chi connectivity index (χ4n) is 2.10. The minimum absolute atomic E-state index is 0.629. The molecular formula is C12H17N3O. The van der Waals surface area contributed by atoms with E-state index >= 15 is 0 Å². The van der Waals surface area contributed by atoms with Gasteiger partial charge in [0.25, 0.3) is 0 Å². The number of hydrogen-bond donors (Lipinski definition) is 0. The van der Waals surface area contributed by atoms with E-state index in [1.807, 2.05) is 6.92 Å². The van der Waals surface area contributed by atoms with E-state index in [1.165, 1.54) is 25.9 Å². The number of hydrogen-bond acceptors (Lipinski definition) is 4. The van der Waals surface area contributed by atoms with Gasteiger partial charge in [-0.1, -0.05) is 0 Å². The second kappa shape index (κ2) is 5.16. The van der Waals surface area contributed by atoms with Crippen LogP contribution in [-0.2, 0) is 6.42 Å². The monoisotopic (exact) mass is 219 g/mol. The summed E-state index contributed by atoms with van der Waals surface area (Å²) in [5.74, 6) is 0.738. The first-order valence-corrected chi connectivity index (χ1v) is 5.79. The van der Waals surface area contributed by atoms with E-state index in [2.05, 4.69) is 14.9 Å². The lowest BCUT2D eigenvalue weighted by Gasteiger charge is -2.14. The van der Waals surface area contributed by atoms with Gasteiger partial charge in [0.1, 0.15) is 5.82 Å². The van der Waals surface area contributed by atoms with Gasteiger partial charge in [-0.15, -0.1) is 0 Å². The van der Waals surface area contributed by atoms with Gasteiger partial charge in [0.05, 0.1) is 11.3 Å². The van der Waals surface area contributed by atoms with Gasteiger partial charge in [0.15, 0.2) is 6.29 Å². The van der Waals surface area contributed by atoms with Gasteiger partial charge in [0.2, 0.25) is 0 Å². The second-order valence-corrected chi connectivity index (χ2v) is 4.24. The Morgan fingerprint density at radius 1 is 1.44 bits per heavy atom. The first-order valence-electron chi connectivity index (χ1n) is 5.79. The number of carbonyl (C=O) groups excluding carboxylic acids is 1. The third-order valence-corrected chi connectivity index (χ3v) is 3.01. The van der Waals surface area contributed by atoms with E-state index in [4.69, 9.17) is 0 Å². The number of nitrogens with zero attached hydrogens (tertiary/aromatic N) is 3. The predicted octanol–water partition coefficient (Wildman–Crippen LogP) is 1.24. The summed E-state index contributed by atoms with van der Waals surface area (Å²) in [4.78, 5) is 21.6. The first-order chi connectivity index (χ1) is 7.79. The van der Waals surface area contributed by atoms with Crippen molar-refractivity contribution in [3.05, 3.63) is 23.3 Å². The van der Waals surface area contributed by atoms with E-state index in [9.17, 15) is 4.79 Å². The smallest absolute Gasteiger partial charge is 0.153 e. The average molecular weight is 219 g/mol. The van der Waals surface area contributed by atoms with Gasteiger partial charge >= 0.3 is 0 Å². The molecule has 0 aromatic carbocycles. The lowest BCUT2D eigenvalue weighted by Crippen LogP contribution is -2.22. The lowest BCUT2D eigenvalue weighted by molar-refractivity contribution is 0.112. The number of likely N-dealkylation sites (tertiary alicyclic amines) is 1. The molecule has 1 saturated heterocycles. The van der Waals surface area contributed by atoms with Crippen LogP contribution < -0.4 is 0 Å². The Balaban J connectivity index is 2.01. The minimum atomic E-state index is 0.629. The predicted molar refractivity (Wildman–Crippen MR) is 61.5 cm³/mol. The highest BCUT2D eigenvalue weighted by Gasteiger charge is 2.12. The summed E-state index contributed by atoms with van der Waals surface area (Å²) in [5, 5.41) is 0. The maximum absolute atomic E-state index is 10.8. The zero-order chi connectivity index (χ0) is 11.4. The van der Waals surface area contributed by atoms with Crippen LogP contribution in [0.15, 0.2) is 6.20 Å². The summed E-state index contributed by atoms with van der Waals surface area (Å²) >= 11 is 0. The zero-order valence-corrected chi connectivity index (χ0v) is 9.65. The van der Waals surface area contributed by atoms with E-state index in [0.29, 0.717) is 5.56 Å². The standard InChI is InChI=1S/C12H17N3O/c1-10-13-8-11(9-16)12(14-10)4-7-15-5-2-3-6-15/h8-9H,2-7H2,1H3. The van der Waals surface area contributed by atoms with Crippen molar-refractivity contribution in [1.82, 2.24) is 14.9 Å². The molecule has 86 valence electrons. The summed E-state index contributed by atoms with van der Waals surface area (Å²) in [6.45, 7) is 5.21. The number of aromatic nitrogens is 2. The fourth-order valence-corrected chi connectivity index (χ4v) is 2.10. The fraction of sp³-hybridized carbons (Fsp3) is 0.583. The summed E-state index contributed by atoms with van der Waals surface area (Å²) in [6.07, 6.45) is 5.90. The SMILES string of the molecule is Cc1ncc(C=O)c(CCN2CCCC2)n1. The molecule has 1 fully saturated rings. The molecule has 1 aliphatic rings. The molecule has 16 heavy (non-hydrogen) atoms. The summed E-state index contributed by atoms with van der Waals surface area (Å²) in [5.41, 5.74) is 1.51. The Hall–Kier alpha value is -1.29. The van der Waals surface area contributed by atoms with Crippen LogP contribution in [0.3, 0.4) is 0 Å². The number of rotatable bonds is 4. The van der Waals surface area contributed by atoms with Crippen LogP contribution in [0.2, 0.25) is 0 Å². The molecule has 2 heterocycles. The Labute approximate surface area is 95.7 Å². The van der Waals surface area contributed by atoms with Crippen LogP contribution in [0.25, 0.3) is 0 Å². The maximum Gasteiger partial charge on any atom is 0.153 e. The summed E-state index contributed by atoms with van der Waals surface area (Å²) in [7, 11) is 0. The Bertz CT molecular complexity index is 373. The molecule has 1 aromatic heterocycles. The molecule has 0 bridgehead atoms. The van der Waals surface area contributed by atoms with Gasteiger partial charge in [-0.3, -0.25) is 4.79 Å². The number of aryl methyl sites for hydroxylation is 1. The first kappa shape index (κ1) is 11.2. The molecule has 0 aliphatic carbocycles. The van der Waals surface area contributed by atoms with Crippen molar-refractivity contribution in [2.75, 3.05) is 19.6 Å². The Kier molecular flexibility index (Phi) is 3.62. The van der Waals surface area contributed by atoms with Crippen molar-refractivity contribution < 1.29 is 4.79 Å².